The number of urea groups is 1. The predicted octanol–water partition coefficient (Wildman–Crippen LogP) is 3.04. The molecule has 7 nitrogen and oxygen atoms in total. The Labute approximate surface area is 184 Å². The first-order valence-corrected chi connectivity index (χ1v) is 10.6. The summed E-state index contributed by atoms with van der Waals surface area (Å²) in [6.45, 7) is 5.36. The Morgan fingerprint density at radius 1 is 1.00 bits per heavy atom. The van der Waals surface area contributed by atoms with Gasteiger partial charge in [0.05, 0.1) is 23.6 Å². The number of hydrogen-bond acceptors (Lipinski definition) is 4. The fraction of sp³-hybridized carbons (Fsp3) is 0.333. The maximum Gasteiger partial charge on any atom is 0.332 e. The SMILES string of the molecule is CCN1C(=O)[C@H]2[C@@H](c3ccc(C)cc3)N3C(=O)N(c4cccc(F)c4)C(=O)[C@@]3(C)[C@H]2C1=O. The number of nitrogens with zero attached hydrogens (tertiary/aromatic N) is 3. The average Bonchev–Trinajstić information content (AvgIpc) is 3.26. The van der Waals surface area contributed by atoms with Gasteiger partial charge in [-0.05, 0) is 44.5 Å². The van der Waals surface area contributed by atoms with Gasteiger partial charge in [0.25, 0.3) is 5.91 Å². The summed E-state index contributed by atoms with van der Waals surface area (Å²) in [5.74, 6) is -3.89. The summed E-state index contributed by atoms with van der Waals surface area (Å²) in [4.78, 5) is 57.3. The first-order chi connectivity index (χ1) is 15.2. The number of anilines is 1. The second-order valence-electron chi connectivity index (χ2n) is 8.70. The molecule has 2 aromatic carbocycles. The second-order valence-corrected chi connectivity index (χ2v) is 8.70. The lowest BCUT2D eigenvalue weighted by molar-refractivity contribution is -0.143. The minimum Gasteiger partial charge on any atom is -0.301 e. The highest BCUT2D eigenvalue weighted by molar-refractivity contribution is 6.26. The van der Waals surface area contributed by atoms with E-state index in [1.807, 2.05) is 31.2 Å². The van der Waals surface area contributed by atoms with Gasteiger partial charge in [-0.1, -0.05) is 35.9 Å². The molecule has 0 bridgehead atoms. The van der Waals surface area contributed by atoms with Gasteiger partial charge in [0.2, 0.25) is 11.8 Å². The summed E-state index contributed by atoms with van der Waals surface area (Å²) in [6.07, 6.45) is 0. The van der Waals surface area contributed by atoms with E-state index in [0.29, 0.717) is 5.56 Å². The van der Waals surface area contributed by atoms with Crippen LogP contribution in [0.25, 0.3) is 0 Å². The van der Waals surface area contributed by atoms with Gasteiger partial charge in [-0.3, -0.25) is 19.3 Å². The molecule has 3 aliphatic rings. The minimum atomic E-state index is -1.56. The summed E-state index contributed by atoms with van der Waals surface area (Å²) in [5.41, 5.74) is 0.218. The van der Waals surface area contributed by atoms with Crippen molar-refractivity contribution in [2.24, 2.45) is 11.8 Å². The van der Waals surface area contributed by atoms with Crippen molar-refractivity contribution in [1.82, 2.24) is 9.80 Å². The van der Waals surface area contributed by atoms with E-state index in [1.165, 1.54) is 28.0 Å². The third kappa shape index (κ3) is 2.40. The first-order valence-electron chi connectivity index (χ1n) is 10.6. The largest absolute Gasteiger partial charge is 0.332 e. The van der Waals surface area contributed by atoms with E-state index in [0.717, 1.165) is 16.5 Å². The van der Waals surface area contributed by atoms with E-state index in [-0.39, 0.29) is 18.1 Å². The highest BCUT2D eigenvalue weighted by Gasteiger charge is 2.75. The van der Waals surface area contributed by atoms with E-state index in [9.17, 15) is 23.6 Å². The van der Waals surface area contributed by atoms with Gasteiger partial charge < -0.3 is 4.90 Å². The van der Waals surface area contributed by atoms with E-state index in [2.05, 4.69) is 0 Å². The molecule has 164 valence electrons. The van der Waals surface area contributed by atoms with Crippen LogP contribution in [0.2, 0.25) is 0 Å². The van der Waals surface area contributed by atoms with Crippen LogP contribution in [0, 0.1) is 24.6 Å². The van der Waals surface area contributed by atoms with Crippen LogP contribution in [-0.4, -0.2) is 45.6 Å². The lowest BCUT2D eigenvalue weighted by atomic mass is 9.79. The first kappa shape index (κ1) is 20.4. The lowest BCUT2D eigenvalue weighted by Gasteiger charge is -2.32. The Hall–Kier alpha value is -3.55. The van der Waals surface area contributed by atoms with Crippen molar-refractivity contribution in [3.8, 4) is 0 Å². The molecule has 0 unspecified atom stereocenters. The Morgan fingerprint density at radius 3 is 2.31 bits per heavy atom. The topological polar surface area (TPSA) is 78.0 Å². The van der Waals surface area contributed by atoms with Gasteiger partial charge in [0.15, 0.2) is 0 Å². The quantitative estimate of drug-likeness (QED) is 0.549. The fourth-order valence-corrected chi connectivity index (χ4v) is 5.51. The minimum absolute atomic E-state index is 0.0963. The number of amides is 5. The monoisotopic (exact) mass is 435 g/mol. The molecule has 5 rings (SSSR count). The van der Waals surface area contributed by atoms with Gasteiger partial charge in [-0.25, -0.2) is 14.1 Å². The number of benzene rings is 2. The van der Waals surface area contributed by atoms with Crippen molar-refractivity contribution in [2.45, 2.75) is 32.4 Å². The van der Waals surface area contributed by atoms with Gasteiger partial charge in [-0.2, -0.15) is 0 Å². The number of carbonyl (C=O) groups is 4. The fourth-order valence-electron chi connectivity index (χ4n) is 5.51. The highest BCUT2D eigenvalue weighted by Crippen LogP contribution is 2.58. The molecule has 0 N–H and O–H groups in total. The van der Waals surface area contributed by atoms with Crippen molar-refractivity contribution >= 4 is 29.4 Å². The Balaban J connectivity index is 1.71. The van der Waals surface area contributed by atoms with E-state index in [4.69, 9.17) is 0 Å². The van der Waals surface area contributed by atoms with Crippen LogP contribution < -0.4 is 4.90 Å². The van der Waals surface area contributed by atoms with Crippen molar-refractivity contribution in [1.29, 1.82) is 0 Å². The number of hydrogen-bond donors (Lipinski definition) is 0. The van der Waals surface area contributed by atoms with Crippen LogP contribution in [0.5, 0.6) is 0 Å². The van der Waals surface area contributed by atoms with E-state index < -0.39 is 47.1 Å². The molecule has 0 aliphatic carbocycles. The number of carbonyl (C=O) groups excluding carboxylic acids is 4. The van der Waals surface area contributed by atoms with Crippen LogP contribution >= 0.6 is 0 Å². The van der Waals surface area contributed by atoms with Crippen molar-refractivity contribution < 1.29 is 23.6 Å². The van der Waals surface area contributed by atoms with E-state index in [1.54, 1.807) is 13.8 Å². The molecular weight excluding hydrogens is 413 g/mol. The zero-order valence-electron chi connectivity index (χ0n) is 17.9. The molecule has 8 heteroatoms. The second kappa shape index (κ2) is 6.72. The van der Waals surface area contributed by atoms with Crippen LogP contribution in [0.3, 0.4) is 0 Å². The maximum absolute atomic E-state index is 13.9. The van der Waals surface area contributed by atoms with Crippen LogP contribution in [-0.2, 0) is 14.4 Å². The Bertz CT molecular complexity index is 1180. The molecule has 0 aromatic heterocycles. The van der Waals surface area contributed by atoms with Crippen LogP contribution in [0.4, 0.5) is 14.9 Å². The van der Waals surface area contributed by atoms with Crippen LogP contribution in [0.1, 0.15) is 31.0 Å². The normalized spacial score (nSPS) is 29.2. The summed E-state index contributed by atoms with van der Waals surface area (Å²) >= 11 is 0. The molecule has 0 spiro atoms. The third-order valence-electron chi connectivity index (χ3n) is 7.00. The van der Waals surface area contributed by atoms with Crippen molar-refractivity contribution in [2.75, 3.05) is 11.4 Å². The molecule has 3 saturated heterocycles. The summed E-state index contributed by atoms with van der Waals surface area (Å²) in [6, 6.07) is 11.1. The Morgan fingerprint density at radius 2 is 1.69 bits per heavy atom. The molecule has 3 fully saturated rings. The smallest absolute Gasteiger partial charge is 0.301 e. The molecule has 0 radical (unpaired) electrons. The van der Waals surface area contributed by atoms with Gasteiger partial charge in [0, 0.05) is 6.54 Å². The zero-order valence-corrected chi connectivity index (χ0v) is 17.9. The van der Waals surface area contributed by atoms with Gasteiger partial charge in [0.1, 0.15) is 11.4 Å². The predicted molar refractivity (Wildman–Crippen MR) is 113 cm³/mol. The molecule has 4 atom stereocenters. The molecule has 3 heterocycles. The molecule has 5 amide bonds. The number of fused-ring (bicyclic) bond motifs is 3. The number of imide groups is 2. The standard InChI is InChI=1S/C24H22FN3O4/c1-4-26-20(29)17-18(21(26)30)24(3)22(31)27(16-7-5-6-15(25)12-16)23(32)28(24)19(17)14-10-8-13(2)9-11-14/h5-12,17-19H,4H2,1-3H3/t17-,18-,19-,24-/m1/s1. The summed E-state index contributed by atoms with van der Waals surface area (Å²) in [5, 5.41) is 0. The number of likely N-dealkylation sites (tertiary alicyclic amines) is 1. The third-order valence-corrected chi connectivity index (χ3v) is 7.00. The number of rotatable bonds is 3. The average molecular weight is 435 g/mol. The van der Waals surface area contributed by atoms with Crippen molar-refractivity contribution in [3.05, 3.63) is 65.5 Å². The van der Waals surface area contributed by atoms with Gasteiger partial charge in [-0.15, -0.1) is 0 Å². The molecule has 0 saturated carbocycles. The Kier molecular flexibility index (Phi) is 4.28. The number of aryl methyl sites for hydroxylation is 1. The highest BCUT2D eigenvalue weighted by atomic mass is 19.1. The van der Waals surface area contributed by atoms with E-state index >= 15 is 0 Å². The van der Waals surface area contributed by atoms with Crippen molar-refractivity contribution in [3.63, 3.8) is 0 Å². The molecular formula is C24H22FN3O4. The zero-order chi connectivity index (χ0) is 22.9. The lowest BCUT2D eigenvalue weighted by Crippen LogP contribution is -2.51. The van der Waals surface area contributed by atoms with Gasteiger partial charge >= 0.3 is 6.03 Å². The summed E-state index contributed by atoms with van der Waals surface area (Å²) < 4.78 is 13.9. The molecule has 32 heavy (non-hydrogen) atoms. The molecule has 2 aromatic rings. The summed E-state index contributed by atoms with van der Waals surface area (Å²) in [7, 11) is 0. The molecule has 3 aliphatic heterocycles. The van der Waals surface area contributed by atoms with Crippen LogP contribution in [0.15, 0.2) is 48.5 Å². The maximum atomic E-state index is 13.9. The number of halogens is 1.